The van der Waals surface area contributed by atoms with Crippen molar-refractivity contribution in [3.05, 3.63) is 29.5 Å². The van der Waals surface area contributed by atoms with Crippen molar-refractivity contribution in [3.63, 3.8) is 0 Å². The molecule has 4 heteroatoms. The molecule has 0 aliphatic carbocycles. The van der Waals surface area contributed by atoms with E-state index in [0.717, 1.165) is 40.9 Å². The van der Waals surface area contributed by atoms with Gasteiger partial charge in [-0.2, -0.15) is 0 Å². The van der Waals surface area contributed by atoms with Crippen molar-refractivity contribution in [2.75, 3.05) is 6.61 Å². The van der Waals surface area contributed by atoms with Crippen molar-refractivity contribution in [1.82, 2.24) is 9.88 Å². The minimum Gasteiger partial charge on any atom is -0.494 e. The predicted molar refractivity (Wildman–Crippen MR) is 90.7 cm³/mol. The number of amides is 1. The SMILES string of the molecule is CCOc1ccc2c(c1)c(C)c(C(=O)NC(C)CC)n2CC. The van der Waals surface area contributed by atoms with Crippen LogP contribution in [-0.4, -0.2) is 23.1 Å². The monoisotopic (exact) mass is 302 g/mol. The van der Waals surface area contributed by atoms with Gasteiger partial charge in [-0.05, 0) is 57.9 Å². The lowest BCUT2D eigenvalue weighted by atomic mass is 10.1. The first-order valence-corrected chi connectivity index (χ1v) is 8.09. The molecule has 0 bridgehead atoms. The van der Waals surface area contributed by atoms with Crippen LogP contribution < -0.4 is 10.1 Å². The first-order chi connectivity index (χ1) is 10.5. The molecule has 1 unspecified atom stereocenters. The van der Waals surface area contributed by atoms with Crippen LogP contribution in [0.25, 0.3) is 10.9 Å². The Balaban J connectivity index is 2.53. The quantitative estimate of drug-likeness (QED) is 0.879. The Labute approximate surface area is 132 Å². The summed E-state index contributed by atoms with van der Waals surface area (Å²) in [6.45, 7) is 11.5. The summed E-state index contributed by atoms with van der Waals surface area (Å²) in [5.41, 5.74) is 2.85. The summed E-state index contributed by atoms with van der Waals surface area (Å²) in [4.78, 5) is 12.6. The molecule has 2 rings (SSSR count). The molecule has 4 nitrogen and oxygen atoms in total. The summed E-state index contributed by atoms with van der Waals surface area (Å²) in [5.74, 6) is 0.850. The molecule has 0 spiro atoms. The van der Waals surface area contributed by atoms with E-state index in [1.165, 1.54) is 0 Å². The zero-order valence-electron chi connectivity index (χ0n) is 14.2. The van der Waals surface area contributed by atoms with E-state index in [-0.39, 0.29) is 11.9 Å². The molecular formula is C18H26N2O2. The molecule has 120 valence electrons. The molecule has 0 fully saturated rings. The molecule has 1 aromatic carbocycles. The van der Waals surface area contributed by atoms with Crippen molar-refractivity contribution in [2.45, 2.75) is 53.6 Å². The maximum Gasteiger partial charge on any atom is 0.268 e. The topological polar surface area (TPSA) is 43.3 Å². The van der Waals surface area contributed by atoms with Gasteiger partial charge in [-0.3, -0.25) is 4.79 Å². The molecular weight excluding hydrogens is 276 g/mol. The number of benzene rings is 1. The maximum absolute atomic E-state index is 12.6. The van der Waals surface area contributed by atoms with Gasteiger partial charge in [0.05, 0.1) is 6.61 Å². The van der Waals surface area contributed by atoms with Crippen LogP contribution in [0.15, 0.2) is 18.2 Å². The predicted octanol–water partition coefficient (Wildman–Crippen LogP) is 3.90. The second kappa shape index (κ2) is 6.86. The summed E-state index contributed by atoms with van der Waals surface area (Å²) in [6.07, 6.45) is 0.922. The van der Waals surface area contributed by atoms with E-state index in [1.807, 2.05) is 39.0 Å². The van der Waals surface area contributed by atoms with Crippen molar-refractivity contribution < 1.29 is 9.53 Å². The number of rotatable bonds is 6. The number of hydrogen-bond donors (Lipinski definition) is 1. The summed E-state index contributed by atoms with van der Waals surface area (Å²) in [7, 11) is 0. The highest BCUT2D eigenvalue weighted by Crippen LogP contribution is 2.29. The highest BCUT2D eigenvalue weighted by Gasteiger charge is 2.20. The Morgan fingerprint density at radius 3 is 2.64 bits per heavy atom. The van der Waals surface area contributed by atoms with Crippen molar-refractivity contribution in [2.24, 2.45) is 0 Å². The van der Waals surface area contributed by atoms with Gasteiger partial charge in [-0.15, -0.1) is 0 Å². The third-order valence-electron chi connectivity index (χ3n) is 4.12. The van der Waals surface area contributed by atoms with E-state index in [0.29, 0.717) is 6.61 Å². The molecule has 0 aliphatic rings. The second-order valence-corrected chi connectivity index (χ2v) is 5.61. The van der Waals surface area contributed by atoms with Crippen LogP contribution in [0.2, 0.25) is 0 Å². The molecule has 1 heterocycles. The van der Waals surface area contributed by atoms with E-state index in [2.05, 4.69) is 23.7 Å². The number of nitrogens with zero attached hydrogens (tertiary/aromatic N) is 1. The zero-order valence-corrected chi connectivity index (χ0v) is 14.2. The summed E-state index contributed by atoms with van der Waals surface area (Å²) in [6, 6.07) is 6.21. The van der Waals surface area contributed by atoms with Crippen LogP contribution in [0.4, 0.5) is 0 Å². The van der Waals surface area contributed by atoms with Gasteiger partial charge >= 0.3 is 0 Å². The van der Waals surface area contributed by atoms with Gasteiger partial charge in [0.1, 0.15) is 11.4 Å². The Morgan fingerprint density at radius 2 is 2.05 bits per heavy atom. The van der Waals surface area contributed by atoms with Gasteiger partial charge in [0.25, 0.3) is 5.91 Å². The molecule has 1 N–H and O–H groups in total. The lowest BCUT2D eigenvalue weighted by Gasteiger charge is -2.14. The number of carbonyl (C=O) groups excluding carboxylic acids is 1. The summed E-state index contributed by atoms with van der Waals surface area (Å²) in [5, 5.41) is 4.16. The number of hydrogen-bond acceptors (Lipinski definition) is 2. The van der Waals surface area contributed by atoms with Crippen LogP contribution in [0.1, 0.15) is 50.2 Å². The van der Waals surface area contributed by atoms with Crippen LogP contribution in [-0.2, 0) is 6.54 Å². The molecule has 1 aromatic heterocycles. The largest absolute Gasteiger partial charge is 0.494 e. The Morgan fingerprint density at radius 1 is 1.32 bits per heavy atom. The molecule has 2 aromatic rings. The van der Waals surface area contributed by atoms with E-state index >= 15 is 0 Å². The smallest absolute Gasteiger partial charge is 0.268 e. The number of aryl methyl sites for hydroxylation is 2. The van der Waals surface area contributed by atoms with Gasteiger partial charge in [0.15, 0.2) is 0 Å². The van der Waals surface area contributed by atoms with E-state index in [4.69, 9.17) is 4.74 Å². The van der Waals surface area contributed by atoms with Gasteiger partial charge in [-0.25, -0.2) is 0 Å². The fourth-order valence-electron chi connectivity index (χ4n) is 2.77. The first kappa shape index (κ1) is 16.4. The fraction of sp³-hybridized carbons (Fsp3) is 0.500. The van der Waals surface area contributed by atoms with Crippen LogP contribution in [0.5, 0.6) is 5.75 Å². The summed E-state index contributed by atoms with van der Waals surface area (Å²) < 4.78 is 7.67. The lowest BCUT2D eigenvalue weighted by molar-refractivity contribution is 0.0930. The number of aromatic nitrogens is 1. The first-order valence-electron chi connectivity index (χ1n) is 8.09. The Kier molecular flexibility index (Phi) is 5.11. The van der Waals surface area contributed by atoms with Gasteiger partial charge in [-0.1, -0.05) is 6.92 Å². The average molecular weight is 302 g/mol. The fourth-order valence-corrected chi connectivity index (χ4v) is 2.77. The third-order valence-corrected chi connectivity index (χ3v) is 4.12. The van der Waals surface area contributed by atoms with E-state index < -0.39 is 0 Å². The second-order valence-electron chi connectivity index (χ2n) is 5.61. The van der Waals surface area contributed by atoms with Gasteiger partial charge in [0, 0.05) is 23.5 Å². The normalized spacial score (nSPS) is 12.4. The summed E-state index contributed by atoms with van der Waals surface area (Å²) >= 11 is 0. The number of fused-ring (bicyclic) bond motifs is 1. The third kappa shape index (κ3) is 2.96. The van der Waals surface area contributed by atoms with Crippen molar-refractivity contribution in [1.29, 1.82) is 0 Å². The number of carbonyl (C=O) groups is 1. The molecule has 1 atom stereocenters. The van der Waals surface area contributed by atoms with Gasteiger partial charge < -0.3 is 14.6 Å². The lowest BCUT2D eigenvalue weighted by Crippen LogP contribution is -2.33. The molecule has 0 aliphatic heterocycles. The van der Waals surface area contributed by atoms with Crippen molar-refractivity contribution in [3.8, 4) is 5.75 Å². The highest BCUT2D eigenvalue weighted by atomic mass is 16.5. The van der Waals surface area contributed by atoms with Crippen LogP contribution >= 0.6 is 0 Å². The van der Waals surface area contributed by atoms with Crippen LogP contribution in [0.3, 0.4) is 0 Å². The maximum atomic E-state index is 12.6. The Hall–Kier alpha value is -1.97. The molecule has 0 saturated heterocycles. The van der Waals surface area contributed by atoms with Crippen LogP contribution in [0, 0.1) is 6.92 Å². The minimum absolute atomic E-state index is 0.00265. The average Bonchev–Trinajstić information content (AvgIpc) is 2.79. The molecule has 22 heavy (non-hydrogen) atoms. The zero-order chi connectivity index (χ0) is 16.3. The van der Waals surface area contributed by atoms with E-state index in [1.54, 1.807) is 0 Å². The Bertz CT molecular complexity index is 673. The van der Waals surface area contributed by atoms with Crippen molar-refractivity contribution >= 4 is 16.8 Å². The molecule has 1 amide bonds. The number of nitrogens with one attached hydrogen (secondary N) is 1. The standard InChI is InChI=1S/C18H26N2O2/c1-6-12(4)19-18(21)17-13(5)15-11-14(22-8-3)9-10-16(15)20(17)7-2/h9-12H,6-8H2,1-5H3,(H,19,21). The minimum atomic E-state index is 0.00265. The molecule has 0 saturated carbocycles. The van der Waals surface area contributed by atoms with E-state index in [9.17, 15) is 4.79 Å². The number of ether oxygens (including phenoxy) is 1. The molecule has 0 radical (unpaired) electrons. The highest BCUT2D eigenvalue weighted by molar-refractivity contribution is 6.02. The van der Waals surface area contributed by atoms with Gasteiger partial charge in [0.2, 0.25) is 0 Å².